The number of hydrogen-bond acceptors (Lipinski definition) is 4. The SMILES string of the molecule is CCNc1nc2ccc(OC(C)C)cc2s1. The molecule has 1 heterocycles. The molecule has 3 nitrogen and oxygen atoms in total. The first-order valence-corrected chi connectivity index (χ1v) is 6.32. The molecule has 2 aromatic rings. The molecule has 0 saturated heterocycles. The van der Waals surface area contributed by atoms with E-state index in [1.807, 2.05) is 32.0 Å². The quantitative estimate of drug-likeness (QED) is 0.882. The van der Waals surface area contributed by atoms with Crippen LogP contribution in [0.2, 0.25) is 0 Å². The summed E-state index contributed by atoms with van der Waals surface area (Å²) in [4.78, 5) is 4.47. The molecule has 86 valence electrons. The van der Waals surface area contributed by atoms with Gasteiger partial charge in [-0.15, -0.1) is 0 Å². The lowest BCUT2D eigenvalue weighted by Crippen LogP contribution is -2.04. The molecule has 0 radical (unpaired) electrons. The average molecular weight is 236 g/mol. The molecule has 16 heavy (non-hydrogen) atoms. The molecule has 0 atom stereocenters. The first-order valence-electron chi connectivity index (χ1n) is 5.50. The molecule has 0 spiro atoms. The van der Waals surface area contributed by atoms with Crippen molar-refractivity contribution in [2.75, 3.05) is 11.9 Å². The number of anilines is 1. The molecule has 0 aliphatic heterocycles. The molecule has 0 fully saturated rings. The second-order valence-corrected chi connectivity index (χ2v) is 4.88. The molecular formula is C12H16N2OS. The standard InChI is InChI=1S/C12H16N2OS/c1-4-13-12-14-10-6-5-9(15-8(2)3)7-11(10)16-12/h5-8H,4H2,1-3H3,(H,13,14). The fourth-order valence-corrected chi connectivity index (χ4v) is 2.44. The van der Waals surface area contributed by atoms with Gasteiger partial charge >= 0.3 is 0 Å². The number of benzene rings is 1. The van der Waals surface area contributed by atoms with E-state index < -0.39 is 0 Å². The highest BCUT2D eigenvalue weighted by Crippen LogP contribution is 2.29. The molecule has 0 aliphatic carbocycles. The van der Waals surface area contributed by atoms with Gasteiger partial charge in [-0.25, -0.2) is 4.98 Å². The Morgan fingerprint density at radius 3 is 2.94 bits per heavy atom. The van der Waals surface area contributed by atoms with Crippen molar-refractivity contribution < 1.29 is 4.74 Å². The maximum Gasteiger partial charge on any atom is 0.183 e. The van der Waals surface area contributed by atoms with Crippen LogP contribution in [-0.4, -0.2) is 17.6 Å². The smallest absolute Gasteiger partial charge is 0.183 e. The lowest BCUT2D eigenvalue weighted by Gasteiger charge is -2.08. The van der Waals surface area contributed by atoms with Crippen LogP contribution in [0, 0.1) is 0 Å². The topological polar surface area (TPSA) is 34.2 Å². The van der Waals surface area contributed by atoms with E-state index in [9.17, 15) is 0 Å². The first kappa shape index (κ1) is 11.2. The Labute approximate surface area is 99.5 Å². The van der Waals surface area contributed by atoms with Crippen LogP contribution < -0.4 is 10.1 Å². The van der Waals surface area contributed by atoms with Gasteiger partial charge in [-0.3, -0.25) is 0 Å². The van der Waals surface area contributed by atoms with E-state index in [-0.39, 0.29) is 6.10 Å². The predicted molar refractivity (Wildman–Crippen MR) is 69.5 cm³/mol. The maximum absolute atomic E-state index is 5.65. The second kappa shape index (κ2) is 4.70. The number of hydrogen-bond donors (Lipinski definition) is 1. The lowest BCUT2D eigenvalue weighted by atomic mass is 10.3. The summed E-state index contributed by atoms with van der Waals surface area (Å²) in [6.07, 6.45) is 0.207. The van der Waals surface area contributed by atoms with Gasteiger partial charge in [0.05, 0.1) is 16.3 Å². The molecule has 1 aromatic heterocycles. The normalized spacial score (nSPS) is 11.0. The average Bonchev–Trinajstić information content (AvgIpc) is 2.59. The Balaban J connectivity index is 2.30. The van der Waals surface area contributed by atoms with Gasteiger partial charge in [0.1, 0.15) is 5.75 Å². The van der Waals surface area contributed by atoms with E-state index in [1.165, 1.54) is 0 Å². The Morgan fingerprint density at radius 2 is 2.25 bits per heavy atom. The minimum Gasteiger partial charge on any atom is -0.491 e. The van der Waals surface area contributed by atoms with Crippen molar-refractivity contribution in [2.24, 2.45) is 0 Å². The molecule has 4 heteroatoms. The Kier molecular flexibility index (Phi) is 3.29. The predicted octanol–water partition coefficient (Wildman–Crippen LogP) is 3.52. The first-order chi connectivity index (χ1) is 7.69. The fourth-order valence-electron chi connectivity index (χ4n) is 1.48. The summed E-state index contributed by atoms with van der Waals surface area (Å²) >= 11 is 1.66. The monoisotopic (exact) mass is 236 g/mol. The van der Waals surface area contributed by atoms with Crippen LogP contribution in [0.4, 0.5) is 5.13 Å². The highest BCUT2D eigenvalue weighted by Gasteiger charge is 2.05. The van der Waals surface area contributed by atoms with Crippen molar-refractivity contribution in [3.05, 3.63) is 18.2 Å². The third-order valence-electron chi connectivity index (χ3n) is 2.06. The van der Waals surface area contributed by atoms with E-state index in [4.69, 9.17) is 4.74 Å². The summed E-state index contributed by atoms with van der Waals surface area (Å²) in [5.41, 5.74) is 1.03. The minimum atomic E-state index is 0.207. The molecule has 0 aliphatic rings. The van der Waals surface area contributed by atoms with E-state index >= 15 is 0 Å². The van der Waals surface area contributed by atoms with Crippen molar-refractivity contribution in [3.8, 4) is 5.75 Å². The van der Waals surface area contributed by atoms with Crippen LogP contribution in [0.5, 0.6) is 5.75 Å². The summed E-state index contributed by atoms with van der Waals surface area (Å²) < 4.78 is 6.81. The molecule has 0 unspecified atom stereocenters. The zero-order chi connectivity index (χ0) is 11.5. The van der Waals surface area contributed by atoms with E-state index in [0.717, 1.165) is 27.6 Å². The molecule has 0 amide bonds. The van der Waals surface area contributed by atoms with Crippen molar-refractivity contribution in [3.63, 3.8) is 0 Å². The summed E-state index contributed by atoms with van der Waals surface area (Å²) in [5, 5.41) is 4.20. The van der Waals surface area contributed by atoms with E-state index in [1.54, 1.807) is 11.3 Å². The van der Waals surface area contributed by atoms with Gasteiger partial charge in [0, 0.05) is 6.54 Å². The molecule has 0 saturated carbocycles. The van der Waals surface area contributed by atoms with E-state index in [2.05, 4.69) is 17.2 Å². The summed E-state index contributed by atoms with van der Waals surface area (Å²) in [5.74, 6) is 0.911. The van der Waals surface area contributed by atoms with Crippen LogP contribution >= 0.6 is 11.3 Å². The zero-order valence-corrected chi connectivity index (χ0v) is 10.6. The van der Waals surface area contributed by atoms with Crippen LogP contribution in [0.1, 0.15) is 20.8 Å². The van der Waals surface area contributed by atoms with Gasteiger partial charge in [0.15, 0.2) is 5.13 Å². The number of rotatable bonds is 4. The number of nitrogens with one attached hydrogen (secondary N) is 1. The molecule has 0 bridgehead atoms. The zero-order valence-electron chi connectivity index (χ0n) is 9.78. The van der Waals surface area contributed by atoms with Gasteiger partial charge in [-0.2, -0.15) is 0 Å². The van der Waals surface area contributed by atoms with Crippen molar-refractivity contribution >= 4 is 26.7 Å². The Morgan fingerprint density at radius 1 is 1.44 bits per heavy atom. The highest BCUT2D eigenvalue weighted by atomic mass is 32.1. The van der Waals surface area contributed by atoms with Crippen molar-refractivity contribution in [2.45, 2.75) is 26.9 Å². The molecule has 1 aromatic carbocycles. The largest absolute Gasteiger partial charge is 0.491 e. The van der Waals surface area contributed by atoms with Crippen molar-refractivity contribution in [1.82, 2.24) is 4.98 Å². The second-order valence-electron chi connectivity index (χ2n) is 3.85. The molecular weight excluding hydrogens is 220 g/mol. The van der Waals surface area contributed by atoms with Crippen LogP contribution in [0.25, 0.3) is 10.2 Å². The number of ether oxygens (including phenoxy) is 1. The van der Waals surface area contributed by atoms with Gasteiger partial charge in [0.25, 0.3) is 0 Å². The Bertz CT molecular complexity index is 479. The lowest BCUT2D eigenvalue weighted by molar-refractivity contribution is 0.243. The summed E-state index contributed by atoms with van der Waals surface area (Å²) in [7, 11) is 0. The fraction of sp³-hybridized carbons (Fsp3) is 0.417. The van der Waals surface area contributed by atoms with Crippen LogP contribution in [0.3, 0.4) is 0 Å². The maximum atomic E-state index is 5.65. The number of fused-ring (bicyclic) bond motifs is 1. The number of aromatic nitrogens is 1. The minimum absolute atomic E-state index is 0.207. The highest BCUT2D eigenvalue weighted by molar-refractivity contribution is 7.22. The van der Waals surface area contributed by atoms with Gasteiger partial charge in [-0.05, 0) is 39.0 Å². The molecule has 2 rings (SSSR count). The van der Waals surface area contributed by atoms with Crippen LogP contribution in [0.15, 0.2) is 18.2 Å². The Hall–Kier alpha value is -1.29. The van der Waals surface area contributed by atoms with E-state index in [0.29, 0.717) is 0 Å². The number of thiazole rings is 1. The number of nitrogens with zero attached hydrogens (tertiary/aromatic N) is 1. The molecule has 1 N–H and O–H groups in total. The van der Waals surface area contributed by atoms with Crippen molar-refractivity contribution in [1.29, 1.82) is 0 Å². The summed E-state index contributed by atoms with van der Waals surface area (Å²) in [6.45, 7) is 7.02. The van der Waals surface area contributed by atoms with Crippen LogP contribution in [-0.2, 0) is 0 Å². The van der Waals surface area contributed by atoms with Gasteiger partial charge < -0.3 is 10.1 Å². The third-order valence-corrected chi connectivity index (χ3v) is 3.04. The summed E-state index contributed by atoms with van der Waals surface area (Å²) in [6, 6.07) is 6.02. The van der Waals surface area contributed by atoms with Gasteiger partial charge in [-0.1, -0.05) is 11.3 Å². The van der Waals surface area contributed by atoms with Gasteiger partial charge in [0.2, 0.25) is 0 Å². The third kappa shape index (κ3) is 2.44.